The Morgan fingerprint density at radius 2 is 2.00 bits per heavy atom. The van der Waals surface area contributed by atoms with Crippen molar-refractivity contribution in [3.05, 3.63) is 0 Å². The van der Waals surface area contributed by atoms with Crippen molar-refractivity contribution in [1.82, 2.24) is 4.90 Å². The Bertz CT molecular complexity index is 327. The van der Waals surface area contributed by atoms with Crippen molar-refractivity contribution in [2.45, 2.75) is 45.8 Å². The molecule has 0 aromatic carbocycles. The number of carboxylic acids is 1. The third kappa shape index (κ3) is 6.40. The first kappa shape index (κ1) is 15.2. The number of hydrogen-bond acceptors (Lipinski definition) is 4. The lowest BCUT2D eigenvalue weighted by atomic mass is 10.2. The number of carbonyl (C=O) groups excluding carboxylic acids is 1. The Hall–Kier alpha value is -1.77. The minimum Gasteiger partial charge on any atom is -0.480 e. The summed E-state index contributed by atoms with van der Waals surface area (Å²) in [6, 6.07) is 1.40. The molecule has 0 saturated heterocycles. The molecule has 0 aromatic heterocycles. The normalized spacial score (nSPS) is 12.4. The Balaban J connectivity index is 4.74. The molecular weight excluding hydrogens is 224 g/mol. The highest BCUT2D eigenvalue weighted by molar-refractivity contribution is 5.77. The fourth-order valence-corrected chi connectivity index (χ4v) is 1.11. The molecule has 0 saturated carbocycles. The van der Waals surface area contributed by atoms with E-state index in [0.717, 1.165) is 4.90 Å². The van der Waals surface area contributed by atoms with Gasteiger partial charge in [0.2, 0.25) is 0 Å². The van der Waals surface area contributed by atoms with Gasteiger partial charge in [0.05, 0.1) is 12.5 Å². The molecule has 0 aliphatic carbocycles. The molecule has 1 N–H and O–H groups in total. The largest absolute Gasteiger partial charge is 0.480 e. The zero-order chi connectivity index (χ0) is 13.6. The average Bonchev–Trinajstić information content (AvgIpc) is 2.11. The van der Waals surface area contributed by atoms with E-state index in [2.05, 4.69) is 0 Å². The highest BCUT2D eigenvalue weighted by Crippen LogP contribution is 2.13. The maximum Gasteiger partial charge on any atom is 0.411 e. The van der Waals surface area contributed by atoms with Gasteiger partial charge in [-0.25, -0.2) is 4.79 Å². The summed E-state index contributed by atoms with van der Waals surface area (Å²) in [5.41, 5.74) is -0.694. The summed E-state index contributed by atoms with van der Waals surface area (Å²) in [5, 5.41) is 17.3. The summed E-state index contributed by atoms with van der Waals surface area (Å²) in [7, 11) is 0. The maximum absolute atomic E-state index is 11.7. The predicted molar refractivity (Wildman–Crippen MR) is 60.3 cm³/mol. The number of carboxylic acid groups (broad SMARTS) is 1. The summed E-state index contributed by atoms with van der Waals surface area (Å²) in [5.74, 6) is -1.14. The van der Waals surface area contributed by atoms with Crippen LogP contribution in [-0.4, -0.2) is 40.3 Å². The molecule has 0 aromatic rings. The summed E-state index contributed by atoms with van der Waals surface area (Å²) in [6.07, 6.45) is -0.658. The molecule has 1 amide bonds. The van der Waals surface area contributed by atoms with E-state index in [-0.39, 0.29) is 6.42 Å². The fourth-order valence-electron chi connectivity index (χ4n) is 1.11. The lowest BCUT2D eigenvalue weighted by Crippen LogP contribution is -2.44. The molecule has 0 bridgehead atoms. The van der Waals surface area contributed by atoms with Crippen LogP contribution in [0.25, 0.3) is 0 Å². The molecule has 0 aliphatic rings. The van der Waals surface area contributed by atoms with E-state index < -0.39 is 30.3 Å². The van der Waals surface area contributed by atoms with Crippen LogP contribution in [0.4, 0.5) is 4.79 Å². The van der Waals surface area contributed by atoms with Crippen LogP contribution in [0.1, 0.15) is 34.1 Å². The first-order chi connectivity index (χ1) is 7.67. The molecule has 6 nitrogen and oxygen atoms in total. The van der Waals surface area contributed by atoms with Gasteiger partial charge in [-0.3, -0.25) is 9.69 Å². The van der Waals surface area contributed by atoms with Gasteiger partial charge in [0.25, 0.3) is 0 Å². The van der Waals surface area contributed by atoms with Crippen LogP contribution in [0, 0.1) is 11.3 Å². The van der Waals surface area contributed by atoms with Gasteiger partial charge in [-0.2, -0.15) is 5.26 Å². The quantitative estimate of drug-likeness (QED) is 0.808. The van der Waals surface area contributed by atoms with Gasteiger partial charge in [0.1, 0.15) is 12.1 Å². The van der Waals surface area contributed by atoms with Gasteiger partial charge >= 0.3 is 12.1 Å². The molecule has 96 valence electrons. The smallest absolute Gasteiger partial charge is 0.411 e. The summed E-state index contributed by atoms with van der Waals surface area (Å²) < 4.78 is 5.08. The molecule has 0 spiro atoms. The number of aliphatic carboxylic acids is 1. The Morgan fingerprint density at radius 1 is 1.47 bits per heavy atom. The molecule has 0 rings (SSSR count). The van der Waals surface area contributed by atoms with E-state index in [1.54, 1.807) is 27.7 Å². The highest BCUT2D eigenvalue weighted by Gasteiger charge is 2.27. The monoisotopic (exact) mass is 242 g/mol. The number of hydrogen-bond donors (Lipinski definition) is 1. The molecule has 17 heavy (non-hydrogen) atoms. The van der Waals surface area contributed by atoms with Crippen molar-refractivity contribution in [2.24, 2.45) is 0 Å². The van der Waals surface area contributed by atoms with Crippen molar-refractivity contribution in [2.75, 3.05) is 6.54 Å². The standard InChI is InChI=1S/C11H18N2O4/c1-8(5-6-12)13(7-9(14)15)10(16)17-11(2,3)4/h8H,5,7H2,1-4H3,(H,14,15). The number of nitriles is 1. The van der Waals surface area contributed by atoms with Crippen molar-refractivity contribution in [3.8, 4) is 6.07 Å². The van der Waals surface area contributed by atoms with Crippen molar-refractivity contribution in [3.63, 3.8) is 0 Å². The average molecular weight is 242 g/mol. The molecule has 1 atom stereocenters. The van der Waals surface area contributed by atoms with E-state index in [0.29, 0.717) is 0 Å². The molecule has 0 radical (unpaired) electrons. The summed E-state index contributed by atoms with van der Waals surface area (Å²) in [4.78, 5) is 23.4. The van der Waals surface area contributed by atoms with Crippen LogP contribution in [0.3, 0.4) is 0 Å². The van der Waals surface area contributed by atoms with E-state index in [9.17, 15) is 9.59 Å². The molecular formula is C11H18N2O4. The third-order valence-electron chi connectivity index (χ3n) is 1.85. The van der Waals surface area contributed by atoms with Crippen LogP contribution in [0.2, 0.25) is 0 Å². The van der Waals surface area contributed by atoms with Crippen molar-refractivity contribution >= 4 is 12.1 Å². The highest BCUT2D eigenvalue weighted by atomic mass is 16.6. The van der Waals surface area contributed by atoms with Gasteiger partial charge < -0.3 is 9.84 Å². The predicted octanol–water partition coefficient (Wildman–Crippen LogP) is 1.61. The molecule has 0 fully saturated rings. The van der Waals surface area contributed by atoms with Crippen LogP contribution in [-0.2, 0) is 9.53 Å². The summed E-state index contributed by atoms with van der Waals surface area (Å²) >= 11 is 0. The summed E-state index contributed by atoms with van der Waals surface area (Å²) in [6.45, 7) is 6.21. The minimum absolute atomic E-state index is 0.0620. The topological polar surface area (TPSA) is 90.6 Å². The van der Waals surface area contributed by atoms with E-state index in [1.165, 1.54) is 0 Å². The Morgan fingerprint density at radius 3 is 2.35 bits per heavy atom. The van der Waals surface area contributed by atoms with Crippen LogP contribution < -0.4 is 0 Å². The van der Waals surface area contributed by atoms with E-state index in [4.69, 9.17) is 15.1 Å². The number of ether oxygens (including phenoxy) is 1. The van der Waals surface area contributed by atoms with Gasteiger partial charge in [-0.1, -0.05) is 0 Å². The molecule has 1 unspecified atom stereocenters. The minimum atomic E-state index is -1.14. The second-order valence-corrected chi connectivity index (χ2v) is 4.71. The second-order valence-electron chi connectivity index (χ2n) is 4.71. The Labute approximate surface area is 101 Å². The SMILES string of the molecule is CC(CC#N)N(CC(=O)O)C(=O)OC(C)(C)C. The van der Waals surface area contributed by atoms with Crippen molar-refractivity contribution in [1.29, 1.82) is 5.26 Å². The third-order valence-corrected chi connectivity index (χ3v) is 1.85. The van der Waals surface area contributed by atoms with Crippen LogP contribution >= 0.6 is 0 Å². The lowest BCUT2D eigenvalue weighted by Gasteiger charge is -2.29. The van der Waals surface area contributed by atoms with Gasteiger partial charge in [-0.05, 0) is 27.7 Å². The number of amides is 1. The number of rotatable bonds is 4. The number of nitrogens with zero attached hydrogens (tertiary/aromatic N) is 2. The van der Waals surface area contributed by atoms with Gasteiger partial charge in [-0.15, -0.1) is 0 Å². The fraction of sp³-hybridized carbons (Fsp3) is 0.727. The van der Waals surface area contributed by atoms with E-state index in [1.807, 2.05) is 6.07 Å². The molecule has 0 heterocycles. The molecule has 0 aliphatic heterocycles. The van der Waals surface area contributed by atoms with Gasteiger partial charge in [0.15, 0.2) is 0 Å². The van der Waals surface area contributed by atoms with Gasteiger partial charge in [0, 0.05) is 6.04 Å². The van der Waals surface area contributed by atoms with Crippen LogP contribution in [0.15, 0.2) is 0 Å². The zero-order valence-electron chi connectivity index (χ0n) is 10.6. The zero-order valence-corrected chi connectivity index (χ0v) is 10.6. The Kier molecular flexibility index (Phi) is 5.45. The maximum atomic E-state index is 11.7. The van der Waals surface area contributed by atoms with Crippen LogP contribution in [0.5, 0.6) is 0 Å². The first-order valence-electron chi connectivity index (χ1n) is 5.25. The first-order valence-corrected chi connectivity index (χ1v) is 5.25. The molecule has 6 heteroatoms. The lowest BCUT2D eigenvalue weighted by molar-refractivity contribution is -0.138. The van der Waals surface area contributed by atoms with E-state index >= 15 is 0 Å². The van der Waals surface area contributed by atoms with Crippen molar-refractivity contribution < 1.29 is 19.4 Å². The number of carbonyl (C=O) groups is 2. The second kappa shape index (κ2) is 6.09.